The normalized spacial score (nSPS) is 17.8. The minimum Gasteiger partial charge on any atom is -0.872 e. The summed E-state index contributed by atoms with van der Waals surface area (Å²) in [4.78, 5) is 28.8. The molecule has 2 aromatic rings. The third-order valence-electron chi connectivity index (χ3n) is 5.95. The van der Waals surface area contributed by atoms with Crippen LogP contribution < -0.4 is 19.5 Å². The third-order valence-corrected chi connectivity index (χ3v) is 5.95. The number of rotatable bonds is 8. The molecule has 0 saturated carbocycles. The van der Waals surface area contributed by atoms with Crippen molar-refractivity contribution in [2.45, 2.75) is 25.8 Å². The van der Waals surface area contributed by atoms with Gasteiger partial charge in [0.05, 0.1) is 47.4 Å². The van der Waals surface area contributed by atoms with E-state index in [-0.39, 0.29) is 11.1 Å². The van der Waals surface area contributed by atoms with Crippen molar-refractivity contribution in [2.24, 2.45) is 0 Å². The molecule has 3 rings (SSSR count). The van der Waals surface area contributed by atoms with E-state index in [9.17, 15) is 14.7 Å². The summed E-state index contributed by atoms with van der Waals surface area (Å²) in [6, 6.07) is 11.8. The predicted octanol–water partition coefficient (Wildman–Crippen LogP) is 1.20. The van der Waals surface area contributed by atoms with Gasteiger partial charge in [-0.15, -0.1) is 0 Å². The van der Waals surface area contributed by atoms with Gasteiger partial charge in [0.25, 0.3) is 5.91 Å². The SMILES string of the molecule is COc1ccc(C([O-])=C2C(=O)C(=O)N(CC[NH+](C)C)C2c2ccc(C(C)C)cc2)cc1OC. The van der Waals surface area contributed by atoms with Gasteiger partial charge < -0.3 is 24.4 Å². The zero-order chi connectivity index (χ0) is 24.3. The lowest BCUT2D eigenvalue weighted by Gasteiger charge is -2.28. The molecule has 1 saturated heterocycles. The van der Waals surface area contributed by atoms with E-state index in [4.69, 9.17) is 9.47 Å². The standard InChI is InChI=1S/C26H32N2O5/c1-16(2)17-7-9-18(10-8-17)23-22(25(30)26(31)28(23)14-13-27(3)4)24(29)19-11-12-20(32-5)21(15-19)33-6/h7-12,15-16,23,29H,13-14H2,1-6H3. The van der Waals surface area contributed by atoms with Gasteiger partial charge in [-0.2, -0.15) is 0 Å². The molecule has 0 aliphatic carbocycles. The first-order valence-electron chi connectivity index (χ1n) is 11.1. The van der Waals surface area contributed by atoms with Crippen LogP contribution in [0.4, 0.5) is 0 Å². The number of ketones is 1. The van der Waals surface area contributed by atoms with Crippen LogP contribution in [0.2, 0.25) is 0 Å². The molecule has 7 heteroatoms. The first-order chi connectivity index (χ1) is 15.7. The molecule has 1 fully saturated rings. The number of likely N-dealkylation sites (tertiary alicyclic amines) is 1. The summed E-state index contributed by atoms with van der Waals surface area (Å²) in [7, 11) is 6.95. The fraction of sp³-hybridized carbons (Fsp3) is 0.385. The van der Waals surface area contributed by atoms with Gasteiger partial charge >= 0.3 is 0 Å². The van der Waals surface area contributed by atoms with E-state index in [0.29, 0.717) is 30.5 Å². The van der Waals surface area contributed by atoms with Gasteiger partial charge in [0.15, 0.2) is 11.5 Å². The molecule has 1 aliphatic heterocycles. The highest BCUT2D eigenvalue weighted by Crippen LogP contribution is 2.40. The van der Waals surface area contributed by atoms with Crippen molar-refractivity contribution in [3.63, 3.8) is 0 Å². The van der Waals surface area contributed by atoms with Gasteiger partial charge in [-0.1, -0.05) is 49.9 Å². The first-order valence-corrected chi connectivity index (χ1v) is 11.1. The Morgan fingerprint density at radius 1 is 1.03 bits per heavy atom. The molecule has 7 nitrogen and oxygen atoms in total. The minimum atomic E-state index is -0.749. The summed E-state index contributed by atoms with van der Waals surface area (Å²) in [5, 5.41) is 13.6. The van der Waals surface area contributed by atoms with Gasteiger partial charge in [-0.05, 0) is 34.7 Å². The lowest BCUT2D eigenvalue weighted by Crippen LogP contribution is -3.06. The average Bonchev–Trinajstić information content (AvgIpc) is 3.06. The first kappa shape index (κ1) is 24.3. The minimum absolute atomic E-state index is 0.0294. The number of methoxy groups -OCH3 is 2. The van der Waals surface area contributed by atoms with Crippen molar-refractivity contribution in [1.82, 2.24) is 4.90 Å². The Kier molecular flexibility index (Phi) is 7.43. The van der Waals surface area contributed by atoms with E-state index in [1.807, 2.05) is 38.4 Å². The van der Waals surface area contributed by atoms with E-state index in [1.54, 1.807) is 12.1 Å². The second-order valence-electron chi connectivity index (χ2n) is 8.82. The summed E-state index contributed by atoms with van der Waals surface area (Å²) in [5.74, 6) is -0.668. The van der Waals surface area contributed by atoms with Gasteiger partial charge in [0.2, 0.25) is 5.78 Å². The van der Waals surface area contributed by atoms with Crippen molar-refractivity contribution >= 4 is 17.4 Å². The lowest BCUT2D eigenvalue weighted by molar-refractivity contribution is -0.857. The van der Waals surface area contributed by atoms with Gasteiger partial charge in [-0.3, -0.25) is 9.59 Å². The summed E-state index contributed by atoms with van der Waals surface area (Å²) >= 11 is 0. The van der Waals surface area contributed by atoms with Crippen LogP contribution in [-0.4, -0.2) is 58.0 Å². The Labute approximate surface area is 195 Å². The zero-order valence-corrected chi connectivity index (χ0v) is 20.1. The molecular formula is C26H32N2O5. The molecule has 1 aliphatic rings. The molecule has 1 heterocycles. The molecule has 33 heavy (non-hydrogen) atoms. The molecule has 2 aromatic carbocycles. The Morgan fingerprint density at radius 2 is 1.67 bits per heavy atom. The number of amides is 1. The summed E-state index contributed by atoms with van der Waals surface area (Å²) in [6.07, 6.45) is 0. The zero-order valence-electron chi connectivity index (χ0n) is 20.1. The molecule has 0 aromatic heterocycles. The summed E-state index contributed by atoms with van der Waals surface area (Å²) < 4.78 is 10.6. The van der Waals surface area contributed by atoms with Crippen LogP contribution in [-0.2, 0) is 9.59 Å². The average molecular weight is 453 g/mol. The number of likely N-dealkylation sites (N-methyl/N-ethyl adjacent to an activating group) is 1. The number of carbonyl (C=O) groups is 2. The molecule has 1 N–H and O–H groups in total. The number of quaternary nitrogens is 1. The van der Waals surface area contributed by atoms with Crippen LogP contribution in [0, 0.1) is 0 Å². The fourth-order valence-corrected chi connectivity index (χ4v) is 3.99. The number of Topliss-reactive ketones (excluding diaryl/α,β-unsaturated/α-hetero) is 1. The molecule has 1 amide bonds. The second kappa shape index (κ2) is 10.1. The topological polar surface area (TPSA) is 83.3 Å². The van der Waals surface area contributed by atoms with Crippen LogP contribution in [0.5, 0.6) is 11.5 Å². The van der Waals surface area contributed by atoms with Crippen molar-refractivity contribution in [3.05, 3.63) is 64.7 Å². The van der Waals surface area contributed by atoms with Gasteiger partial charge in [0.1, 0.15) is 0 Å². The summed E-state index contributed by atoms with van der Waals surface area (Å²) in [5.41, 5.74) is 2.13. The molecule has 176 valence electrons. The molecule has 0 bridgehead atoms. The molecule has 1 atom stereocenters. The van der Waals surface area contributed by atoms with Gasteiger partial charge in [-0.25, -0.2) is 0 Å². The smallest absolute Gasteiger partial charge is 0.295 e. The maximum atomic E-state index is 13.6. The quantitative estimate of drug-likeness (QED) is 0.370. The highest BCUT2D eigenvalue weighted by atomic mass is 16.5. The number of benzene rings is 2. The lowest BCUT2D eigenvalue weighted by atomic mass is 9.93. The Bertz CT molecular complexity index is 1060. The van der Waals surface area contributed by atoms with E-state index in [2.05, 4.69) is 13.8 Å². The largest absolute Gasteiger partial charge is 0.872 e. The maximum Gasteiger partial charge on any atom is 0.295 e. The van der Waals surface area contributed by atoms with Crippen molar-refractivity contribution in [1.29, 1.82) is 0 Å². The fourth-order valence-electron chi connectivity index (χ4n) is 3.99. The number of hydrogen-bond donors (Lipinski definition) is 1. The second-order valence-corrected chi connectivity index (χ2v) is 8.82. The predicted molar refractivity (Wildman–Crippen MR) is 124 cm³/mol. The van der Waals surface area contributed by atoms with E-state index < -0.39 is 23.5 Å². The Morgan fingerprint density at radius 3 is 2.21 bits per heavy atom. The van der Waals surface area contributed by atoms with E-state index in [1.165, 1.54) is 25.2 Å². The molecular weight excluding hydrogens is 420 g/mol. The van der Waals surface area contributed by atoms with Crippen LogP contribution in [0.3, 0.4) is 0 Å². The number of carbonyl (C=O) groups excluding carboxylic acids is 2. The van der Waals surface area contributed by atoms with Crippen LogP contribution in [0.1, 0.15) is 42.5 Å². The van der Waals surface area contributed by atoms with Gasteiger partial charge in [0, 0.05) is 5.57 Å². The van der Waals surface area contributed by atoms with Crippen LogP contribution in [0.25, 0.3) is 5.76 Å². The third kappa shape index (κ3) is 4.88. The molecule has 1 unspecified atom stereocenters. The van der Waals surface area contributed by atoms with Crippen LogP contribution >= 0.6 is 0 Å². The van der Waals surface area contributed by atoms with E-state index >= 15 is 0 Å². The summed E-state index contributed by atoms with van der Waals surface area (Å²) in [6.45, 7) is 5.22. The van der Waals surface area contributed by atoms with Crippen molar-refractivity contribution in [3.8, 4) is 11.5 Å². The monoisotopic (exact) mass is 452 g/mol. The van der Waals surface area contributed by atoms with Crippen molar-refractivity contribution in [2.75, 3.05) is 41.4 Å². The number of nitrogens with one attached hydrogen (secondary N) is 1. The number of hydrogen-bond acceptors (Lipinski definition) is 5. The molecule has 0 spiro atoms. The van der Waals surface area contributed by atoms with Crippen LogP contribution in [0.15, 0.2) is 48.0 Å². The van der Waals surface area contributed by atoms with E-state index in [0.717, 1.165) is 16.0 Å². The highest BCUT2D eigenvalue weighted by molar-refractivity contribution is 6.46. The number of nitrogens with zero attached hydrogens (tertiary/aromatic N) is 1. The van der Waals surface area contributed by atoms with Crippen molar-refractivity contribution < 1.29 is 29.1 Å². The highest BCUT2D eigenvalue weighted by Gasteiger charge is 2.44. The Hall–Kier alpha value is -3.32. The number of ether oxygens (including phenoxy) is 2. The maximum absolute atomic E-state index is 13.6. The Balaban J connectivity index is 2.15. The molecule has 0 radical (unpaired) electrons.